The topological polar surface area (TPSA) is 27.0 Å². The smallest absolute Gasteiger partial charge is 0.124 e. The number of nitriles is 1. The van der Waals surface area contributed by atoms with Gasteiger partial charge in [0.05, 0.1) is 17.7 Å². The SMILES string of the molecule is CCSc1cc(F)cc([C@H](C2CN([C@@H](c3ccc(Cl)cc3)c3cccc(C#N)c3)C2)C(C)(C)F)c1. The standard InChI is InChI=1S/C29H29ClF2N2S/c1-4-35-26-14-22(13-25(31)15-26)27(29(2,3)32)23-17-34(18-23)28(20-8-10-24(30)11-9-20)21-7-5-6-19(12-21)16-33/h5-15,23,27-28H,4,17-18H2,1-3H3/t27-,28+/m1/s1. The molecule has 4 rings (SSSR count). The van der Waals surface area contributed by atoms with Gasteiger partial charge in [0.2, 0.25) is 0 Å². The van der Waals surface area contributed by atoms with Crippen molar-refractivity contribution in [1.29, 1.82) is 5.26 Å². The number of hydrogen-bond donors (Lipinski definition) is 0. The fourth-order valence-corrected chi connectivity index (χ4v) is 6.13. The first-order valence-corrected chi connectivity index (χ1v) is 13.2. The van der Waals surface area contributed by atoms with E-state index in [4.69, 9.17) is 11.6 Å². The number of rotatable bonds is 8. The summed E-state index contributed by atoms with van der Waals surface area (Å²) in [5.74, 6) is 0.109. The second kappa shape index (κ2) is 10.7. The van der Waals surface area contributed by atoms with Gasteiger partial charge in [0.1, 0.15) is 11.5 Å². The van der Waals surface area contributed by atoms with E-state index in [0.717, 1.165) is 21.8 Å². The molecule has 0 saturated carbocycles. The van der Waals surface area contributed by atoms with Crippen LogP contribution in [0, 0.1) is 23.1 Å². The highest BCUT2D eigenvalue weighted by atomic mass is 35.5. The molecule has 1 aliphatic heterocycles. The second-order valence-corrected chi connectivity index (χ2v) is 11.4. The number of alkyl halides is 1. The largest absolute Gasteiger partial charge is 0.292 e. The molecule has 3 aromatic rings. The second-order valence-electron chi connectivity index (χ2n) is 9.60. The highest BCUT2D eigenvalue weighted by Gasteiger charge is 2.45. The average Bonchev–Trinajstić information content (AvgIpc) is 2.78. The van der Waals surface area contributed by atoms with Crippen molar-refractivity contribution < 1.29 is 8.78 Å². The maximum absolute atomic E-state index is 15.6. The van der Waals surface area contributed by atoms with E-state index in [1.54, 1.807) is 31.7 Å². The zero-order valence-electron chi connectivity index (χ0n) is 20.1. The van der Waals surface area contributed by atoms with Gasteiger partial charge >= 0.3 is 0 Å². The third kappa shape index (κ3) is 5.89. The molecule has 0 radical (unpaired) electrons. The van der Waals surface area contributed by atoms with E-state index in [9.17, 15) is 9.65 Å². The third-order valence-corrected chi connectivity index (χ3v) is 7.70. The molecule has 2 atom stereocenters. The Hall–Kier alpha value is -2.39. The van der Waals surface area contributed by atoms with E-state index in [1.165, 1.54) is 12.1 Å². The minimum Gasteiger partial charge on any atom is -0.292 e. The van der Waals surface area contributed by atoms with Gasteiger partial charge in [0.15, 0.2) is 0 Å². The summed E-state index contributed by atoms with van der Waals surface area (Å²) in [4.78, 5) is 3.13. The van der Waals surface area contributed by atoms with E-state index in [1.807, 2.05) is 55.5 Å². The molecule has 0 unspecified atom stereocenters. The molecule has 1 aliphatic rings. The van der Waals surface area contributed by atoms with Gasteiger partial charge in [-0.3, -0.25) is 4.90 Å². The van der Waals surface area contributed by atoms with Crippen molar-refractivity contribution in [3.63, 3.8) is 0 Å². The quantitative estimate of drug-likeness (QED) is 0.287. The van der Waals surface area contributed by atoms with E-state index >= 15 is 4.39 Å². The Labute approximate surface area is 215 Å². The summed E-state index contributed by atoms with van der Waals surface area (Å²) in [5.41, 5.74) is 1.88. The van der Waals surface area contributed by atoms with Crippen LogP contribution < -0.4 is 0 Å². The lowest BCUT2D eigenvalue weighted by Gasteiger charge is -2.50. The van der Waals surface area contributed by atoms with Crippen LogP contribution in [0.25, 0.3) is 0 Å². The summed E-state index contributed by atoms with van der Waals surface area (Å²) in [6.45, 7) is 6.52. The Bertz CT molecular complexity index is 1210. The van der Waals surface area contributed by atoms with Gasteiger partial charge in [-0.25, -0.2) is 8.78 Å². The number of hydrogen-bond acceptors (Lipinski definition) is 3. The Morgan fingerprint density at radius 3 is 2.40 bits per heavy atom. The van der Waals surface area contributed by atoms with Crippen molar-refractivity contribution in [3.8, 4) is 6.07 Å². The molecule has 0 aromatic heterocycles. The molecule has 0 N–H and O–H groups in total. The molecule has 1 saturated heterocycles. The molecular formula is C29H29ClF2N2S. The van der Waals surface area contributed by atoms with Crippen LogP contribution in [0.4, 0.5) is 8.78 Å². The lowest BCUT2D eigenvalue weighted by Crippen LogP contribution is -2.53. The molecule has 182 valence electrons. The predicted molar refractivity (Wildman–Crippen MR) is 140 cm³/mol. The van der Waals surface area contributed by atoms with Gasteiger partial charge in [-0.2, -0.15) is 5.26 Å². The van der Waals surface area contributed by atoms with Crippen molar-refractivity contribution in [2.24, 2.45) is 5.92 Å². The van der Waals surface area contributed by atoms with Crippen LogP contribution in [0.2, 0.25) is 5.02 Å². The van der Waals surface area contributed by atoms with Crippen LogP contribution in [0.5, 0.6) is 0 Å². The highest BCUT2D eigenvalue weighted by Crippen LogP contribution is 2.46. The molecule has 2 nitrogen and oxygen atoms in total. The molecule has 6 heteroatoms. The lowest BCUT2D eigenvalue weighted by atomic mass is 9.72. The summed E-state index contributed by atoms with van der Waals surface area (Å²) in [6.07, 6.45) is 0. The molecule has 0 spiro atoms. The summed E-state index contributed by atoms with van der Waals surface area (Å²) in [5, 5.41) is 10.1. The van der Waals surface area contributed by atoms with Crippen molar-refractivity contribution in [2.75, 3.05) is 18.8 Å². The number of likely N-dealkylation sites (tertiary alicyclic amines) is 1. The van der Waals surface area contributed by atoms with Gasteiger partial charge in [0, 0.05) is 28.9 Å². The normalized spacial score (nSPS) is 16.4. The number of halogens is 3. The Balaban J connectivity index is 1.65. The zero-order chi connectivity index (χ0) is 25.2. The van der Waals surface area contributed by atoms with E-state index < -0.39 is 11.6 Å². The van der Waals surface area contributed by atoms with Gasteiger partial charge < -0.3 is 0 Å². The van der Waals surface area contributed by atoms with E-state index in [0.29, 0.717) is 29.2 Å². The zero-order valence-corrected chi connectivity index (χ0v) is 21.7. The maximum Gasteiger partial charge on any atom is 0.124 e. The van der Waals surface area contributed by atoms with Crippen molar-refractivity contribution >= 4 is 23.4 Å². The Morgan fingerprint density at radius 1 is 1.06 bits per heavy atom. The van der Waals surface area contributed by atoms with Gasteiger partial charge in [-0.1, -0.05) is 42.8 Å². The van der Waals surface area contributed by atoms with E-state index in [2.05, 4.69) is 11.0 Å². The first-order chi connectivity index (χ1) is 16.7. The molecular weight excluding hydrogens is 482 g/mol. The highest BCUT2D eigenvalue weighted by molar-refractivity contribution is 7.99. The molecule has 1 fully saturated rings. The fourth-order valence-electron chi connectivity index (χ4n) is 5.25. The van der Waals surface area contributed by atoms with Crippen LogP contribution in [0.1, 0.15) is 55.0 Å². The summed E-state index contributed by atoms with van der Waals surface area (Å²) in [6, 6.07) is 22.4. The minimum atomic E-state index is -1.50. The maximum atomic E-state index is 15.6. The van der Waals surface area contributed by atoms with Gasteiger partial charge in [-0.15, -0.1) is 11.8 Å². The van der Waals surface area contributed by atoms with Crippen molar-refractivity contribution in [2.45, 2.75) is 43.3 Å². The van der Waals surface area contributed by atoms with Crippen LogP contribution >= 0.6 is 23.4 Å². The van der Waals surface area contributed by atoms with Crippen LogP contribution in [0.3, 0.4) is 0 Å². The molecule has 3 aromatic carbocycles. The van der Waals surface area contributed by atoms with Crippen LogP contribution in [-0.4, -0.2) is 29.4 Å². The summed E-state index contributed by atoms with van der Waals surface area (Å²) < 4.78 is 30.0. The molecule has 0 bridgehead atoms. The predicted octanol–water partition coefficient (Wildman–Crippen LogP) is 8.02. The number of benzene rings is 3. The first kappa shape index (κ1) is 25.7. The van der Waals surface area contributed by atoms with Gasteiger partial charge in [-0.05, 0) is 84.7 Å². The van der Waals surface area contributed by atoms with Crippen molar-refractivity contribution in [1.82, 2.24) is 4.90 Å². The van der Waals surface area contributed by atoms with Crippen LogP contribution in [0.15, 0.2) is 71.6 Å². The summed E-state index contributed by atoms with van der Waals surface area (Å²) in [7, 11) is 0. The van der Waals surface area contributed by atoms with E-state index in [-0.39, 0.29) is 17.8 Å². The van der Waals surface area contributed by atoms with Crippen LogP contribution in [-0.2, 0) is 0 Å². The molecule has 0 amide bonds. The number of nitrogens with zero attached hydrogens (tertiary/aromatic N) is 2. The lowest BCUT2D eigenvalue weighted by molar-refractivity contribution is 0.00806. The van der Waals surface area contributed by atoms with Crippen molar-refractivity contribution in [3.05, 3.63) is 99.8 Å². The van der Waals surface area contributed by atoms with Gasteiger partial charge in [0.25, 0.3) is 0 Å². The fraction of sp³-hybridized carbons (Fsp3) is 0.345. The molecule has 1 heterocycles. The minimum absolute atomic E-state index is 0.0326. The number of thioether (sulfide) groups is 1. The monoisotopic (exact) mass is 510 g/mol. The molecule has 35 heavy (non-hydrogen) atoms. The first-order valence-electron chi connectivity index (χ1n) is 11.8. The average molecular weight is 511 g/mol. The Kier molecular flexibility index (Phi) is 7.86. The summed E-state index contributed by atoms with van der Waals surface area (Å²) >= 11 is 7.70. The Morgan fingerprint density at radius 2 is 1.77 bits per heavy atom. The third-order valence-electron chi connectivity index (χ3n) is 6.60. The molecule has 0 aliphatic carbocycles.